The maximum absolute atomic E-state index is 12.3. The highest BCUT2D eigenvalue weighted by atomic mass is 16.2. The van der Waals surface area contributed by atoms with Crippen molar-refractivity contribution in [2.75, 3.05) is 13.1 Å². The molecule has 7 nitrogen and oxygen atoms in total. The second kappa shape index (κ2) is 6.39. The second-order valence-electron chi connectivity index (χ2n) is 7.09. The van der Waals surface area contributed by atoms with Gasteiger partial charge in [-0.3, -0.25) is 19.2 Å². The van der Waals surface area contributed by atoms with Crippen LogP contribution in [0.15, 0.2) is 6.20 Å². The van der Waals surface area contributed by atoms with E-state index in [1.807, 2.05) is 13.8 Å². The van der Waals surface area contributed by atoms with Gasteiger partial charge in [0.25, 0.3) is 0 Å². The second-order valence-corrected chi connectivity index (χ2v) is 7.09. The molecule has 1 amide bonds. The minimum Gasteiger partial charge on any atom is -0.354 e. The highest BCUT2D eigenvalue weighted by Crippen LogP contribution is 2.36. The van der Waals surface area contributed by atoms with Crippen LogP contribution in [0.5, 0.6) is 0 Å². The number of hydrogen-bond donors (Lipinski definition) is 1. The number of rotatable bonds is 5. The van der Waals surface area contributed by atoms with Gasteiger partial charge >= 0.3 is 0 Å². The van der Waals surface area contributed by atoms with E-state index in [4.69, 9.17) is 0 Å². The van der Waals surface area contributed by atoms with Crippen molar-refractivity contribution in [3.63, 3.8) is 0 Å². The molecule has 2 bridgehead atoms. The predicted molar refractivity (Wildman–Crippen MR) is 84.9 cm³/mol. The van der Waals surface area contributed by atoms with Crippen molar-refractivity contribution >= 4 is 11.7 Å². The predicted octanol–water partition coefficient (Wildman–Crippen LogP) is 0.716. The topological polar surface area (TPSA) is 80.1 Å². The summed E-state index contributed by atoms with van der Waals surface area (Å²) in [5.41, 5.74) is 0.412. The van der Waals surface area contributed by atoms with Crippen LogP contribution in [-0.4, -0.2) is 56.8 Å². The van der Waals surface area contributed by atoms with E-state index in [9.17, 15) is 9.59 Å². The number of amides is 1. The summed E-state index contributed by atoms with van der Waals surface area (Å²) in [5.74, 6) is 0.672. The minimum absolute atomic E-state index is 0.0628. The first-order chi connectivity index (χ1) is 10.9. The maximum Gasteiger partial charge on any atom is 0.224 e. The Balaban J connectivity index is 1.62. The molecule has 1 unspecified atom stereocenters. The number of nitrogens with one attached hydrogen (secondary N) is 1. The zero-order chi connectivity index (χ0) is 16.6. The molecule has 3 fully saturated rings. The van der Waals surface area contributed by atoms with E-state index in [0.717, 1.165) is 32.5 Å². The van der Waals surface area contributed by atoms with Gasteiger partial charge in [-0.05, 0) is 39.2 Å². The number of carbonyl (C=O) groups excluding carboxylic acids is 2. The third-order valence-electron chi connectivity index (χ3n) is 4.94. The van der Waals surface area contributed by atoms with Crippen LogP contribution in [0, 0.1) is 11.8 Å². The SMILES string of the molecule is CC(=O)c1cn(C[C@H]2C[C@H]3CCN2C[C@@H]3C(=O)NC(C)C)nn1. The van der Waals surface area contributed by atoms with Gasteiger partial charge in [0, 0.05) is 25.6 Å². The molecule has 0 aliphatic carbocycles. The van der Waals surface area contributed by atoms with Crippen molar-refractivity contribution in [3.8, 4) is 0 Å². The number of ketones is 1. The number of aromatic nitrogens is 3. The van der Waals surface area contributed by atoms with E-state index in [1.54, 1.807) is 10.9 Å². The number of hydrogen-bond acceptors (Lipinski definition) is 5. The Kier molecular flexibility index (Phi) is 4.48. The molecule has 1 N–H and O–H groups in total. The molecule has 4 atom stereocenters. The summed E-state index contributed by atoms with van der Waals surface area (Å²) >= 11 is 0. The summed E-state index contributed by atoms with van der Waals surface area (Å²) in [6.45, 7) is 8.09. The molecule has 126 valence electrons. The van der Waals surface area contributed by atoms with Gasteiger partial charge in [-0.15, -0.1) is 5.10 Å². The molecule has 0 radical (unpaired) electrons. The zero-order valence-corrected chi connectivity index (χ0v) is 14.0. The molecule has 1 aromatic heterocycles. The van der Waals surface area contributed by atoms with Crippen LogP contribution in [0.2, 0.25) is 0 Å². The molecule has 4 rings (SSSR count). The van der Waals surface area contributed by atoms with E-state index >= 15 is 0 Å². The number of carbonyl (C=O) groups is 2. The smallest absolute Gasteiger partial charge is 0.224 e. The van der Waals surface area contributed by atoms with Gasteiger partial charge in [0.1, 0.15) is 5.69 Å². The Hall–Kier alpha value is -1.76. The molecule has 0 saturated carbocycles. The third kappa shape index (κ3) is 3.44. The normalized spacial score (nSPS) is 29.7. The van der Waals surface area contributed by atoms with Gasteiger partial charge in [0.15, 0.2) is 5.78 Å². The molecule has 23 heavy (non-hydrogen) atoms. The van der Waals surface area contributed by atoms with Crippen molar-refractivity contribution < 1.29 is 9.59 Å². The fourth-order valence-electron chi connectivity index (χ4n) is 3.78. The molecule has 3 aliphatic rings. The Bertz CT molecular complexity index is 597. The van der Waals surface area contributed by atoms with Crippen molar-refractivity contribution in [3.05, 3.63) is 11.9 Å². The lowest BCUT2D eigenvalue weighted by Gasteiger charge is -2.49. The Morgan fingerprint density at radius 2 is 2.22 bits per heavy atom. The van der Waals surface area contributed by atoms with Crippen molar-refractivity contribution in [1.82, 2.24) is 25.2 Å². The summed E-state index contributed by atoms with van der Waals surface area (Å²) in [5, 5.41) is 11.0. The molecule has 4 heterocycles. The molecular weight excluding hydrogens is 294 g/mol. The number of piperidine rings is 3. The summed E-state index contributed by atoms with van der Waals surface area (Å²) in [6, 6.07) is 0.562. The van der Waals surface area contributed by atoms with E-state index in [-0.39, 0.29) is 23.7 Å². The van der Waals surface area contributed by atoms with Crippen LogP contribution < -0.4 is 5.32 Å². The molecule has 0 spiro atoms. The monoisotopic (exact) mass is 319 g/mol. The molecule has 3 aliphatic heterocycles. The summed E-state index contributed by atoms with van der Waals surface area (Å²) in [7, 11) is 0. The van der Waals surface area contributed by atoms with E-state index in [2.05, 4.69) is 20.5 Å². The lowest BCUT2D eigenvalue weighted by Crippen LogP contribution is -2.58. The van der Waals surface area contributed by atoms with Crippen molar-refractivity contribution in [2.45, 2.75) is 52.2 Å². The quantitative estimate of drug-likeness (QED) is 0.809. The number of nitrogens with zero attached hydrogens (tertiary/aromatic N) is 4. The molecule has 7 heteroatoms. The standard InChI is InChI=1S/C16H25N5O2/c1-10(2)17-16(23)14-8-20-5-4-12(14)6-13(20)7-21-9-15(11(3)22)18-19-21/h9-10,12-14H,4-8H2,1-3H3,(H,17,23)/t12-,13-,14+/m1/s1. The fourth-order valence-corrected chi connectivity index (χ4v) is 3.78. The summed E-state index contributed by atoms with van der Waals surface area (Å²) < 4.78 is 1.76. The first-order valence-electron chi connectivity index (χ1n) is 8.39. The van der Waals surface area contributed by atoms with Gasteiger partial charge in [0.05, 0.1) is 18.7 Å². The van der Waals surface area contributed by atoms with Crippen LogP contribution in [0.1, 0.15) is 44.1 Å². The minimum atomic E-state index is -0.0628. The van der Waals surface area contributed by atoms with Crippen LogP contribution in [-0.2, 0) is 11.3 Å². The molecule has 0 aromatic carbocycles. The van der Waals surface area contributed by atoms with Gasteiger partial charge in [-0.2, -0.15) is 0 Å². The Morgan fingerprint density at radius 1 is 1.43 bits per heavy atom. The van der Waals surface area contributed by atoms with Crippen LogP contribution in [0.4, 0.5) is 0 Å². The van der Waals surface area contributed by atoms with Gasteiger partial charge in [-0.1, -0.05) is 5.21 Å². The van der Waals surface area contributed by atoms with Crippen molar-refractivity contribution in [1.29, 1.82) is 0 Å². The Morgan fingerprint density at radius 3 is 2.78 bits per heavy atom. The van der Waals surface area contributed by atoms with E-state index in [1.165, 1.54) is 6.92 Å². The highest BCUT2D eigenvalue weighted by molar-refractivity contribution is 5.91. The number of Topliss-reactive ketones (excluding diaryl/α,β-unsaturated/α-hetero) is 1. The third-order valence-corrected chi connectivity index (χ3v) is 4.94. The summed E-state index contributed by atoms with van der Waals surface area (Å²) in [4.78, 5) is 26.0. The highest BCUT2D eigenvalue weighted by Gasteiger charge is 2.43. The van der Waals surface area contributed by atoms with Crippen LogP contribution in [0.3, 0.4) is 0 Å². The zero-order valence-electron chi connectivity index (χ0n) is 14.0. The molecular formula is C16H25N5O2. The lowest BCUT2D eigenvalue weighted by molar-refractivity contribution is -0.133. The molecule has 3 saturated heterocycles. The van der Waals surface area contributed by atoms with E-state index in [0.29, 0.717) is 17.7 Å². The van der Waals surface area contributed by atoms with Gasteiger partial charge in [0.2, 0.25) is 5.91 Å². The number of fused-ring (bicyclic) bond motifs is 3. The molecule has 1 aromatic rings. The fraction of sp³-hybridized carbons (Fsp3) is 0.750. The summed E-state index contributed by atoms with van der Waals surface area (Å²) in [6.07, 6.45) is 3.81. The van der Waals surface area contributed by atoms with Gasteiger partial charge in [-0.25, -0.2) is 0 Å². The Labute approximate surface area is 136 Å². The average molecular weight is 319 g/mol. The maximum atomic E-state index is 12.3. The first-order valence-corrected chi connectivity index (χ1v) is 8.39. The largest absolute Gasteiger partial charge is 0.354 e. The van der Waals surface area contributed by atoms with Gasteiger partial charge < -0.3 is 5.32 Å². The average Bonchev–Trinajstić information content (AvgIpc) is 2.96. The van der Waals surface area contributed by atoms with Crippen LogP contribution >= 0.6 is 0 Å². The lowest BCUT2D eigenvalue weighted by atomic mass is 9.75. The van der Waals surface area contributed by atoms with Crippen molar-refractivity contribution in [2.24, 2.45) is 11.8 Å². The first kappa shape index (κ1) is 16.1. The van der Waals surface area contributed by atoms with E-state index < -0.39 is 0 Å². The van der Waals surface area contributed by atoms with Crippen LogP contribution in [0.25, 0.3) is 0 Å².